The van der Waals surface area contributed by atoms with Gasteiger partial charge in [0.15, 0.2) is 5.82 Å². The van der Waals surface area contributed by atoms with Crippen LogP contribution in [0.4, 0.5) is 52.0 Å². The quantitative estimate of drug-likeness (QED) is 0.0229. The zero-order valence-electron chi connectivity index (χ0n) is 86.3. The van der Waals surface area contributed by atoms with E-state index in [0.29, 0.717) is 156 Å². The Morgan fingerprint density at radius 1 is 0.444 bits per heavy atom. The van der Waals surface area contributed by atoms with Crippen molar-refractivity contribution in [1.29, 1.82) is 21.0 Å². The number of nitrogens with two attached hydrogens (primary N) is 2. The lowest BCUT2D eigenvalue weighted by Crippen LogP contribution is -2.41. The first-order valence-electron chi connectivity index (χ1n) is 45.7. The average molecular weight is 2280 g/mol. The number of methoxy groups -OCH3 is 6. The van der Waals surface area contributed by atoms with Gasteiger partial charge >= 0.3 is 36.6 Å². The molecule has 9 N–H and O–H groups in total. The molecular formula is C92H144Br4N22O23S. The van der Waals surface area contributed by atoms with E-state index in [2.05, 4.69) is 120 Å². The number of carbonyl (C=O) groups is 7. The minimum absolute atomic E-state index is 0.0741. The Hall–Kier alpha value is -9.94. The van der Waals surface area contributed by atoms with E-state index in [1.165, 1.54) is 12.1 Å². The Balaban J connectivity index is 0.000000345. The molecule has 11 rings (SSSR count). The Morgan fingerprint density at radius 3 is 0.979 bits per heavy atom. The molecule has 0 bridgehead atoms. The maximum Gasteiger partial charge on any atom is 0.410 e. The van der Waals surface area contributed by atoms with Gasteiger partial charge in [-0.1, -0.05) is 32.0 Å². The molecule has 0 radical (unpaired) electrons. The van der Waals surface area contributed by atoms with Crippen LogP contribution in [-0.2, 0) is 71.8 Å². The molecule has 4 aromatic heterocycles. The largest absolute Gasteiger partial charge is 0.444 e. The first kappa shape index (κ1) is 124. The van der Waals surface area contributed by atoms with Crippen molar-refractivity contribution in [3.05, 3.63) is 71.0 Å². The molecular weight excluding hydrogens is 2130 g/mol. The van der Waals surface area contributed by atoms with Gasteiger partial charge in [0, 0.05) is 82.4 Å². The van der Waals surface area contributed by atoms with E-state index >= 15 is 0 Å². The number of carbonyl (C=O) groups excluding carboxylic acids is 7. The van der Waals surface area contributed by atoms with Gasteiger partial charge in [-0.2, -0.15) is 49.9 Å². The predicted octanol–water partition coefficient (Wildman–Crippen LogP) is 14.5. The predicted molar refractivity (Wildman–Crippen MR) is 540 cm³/mol. The molecule has 45 nitrogen and oxygen atoms in total. The number of halogens is 4. The Kier molecular flexibility index (Phi) is 49.0. The van der Waals surface area contributed by atoms with Gasteiger partial charge in [-0.3, -0.25) is 14.4 Å². The minimum Gasteiger partial charge on any atom is -0.444 e. The highest BCUT2D eigenvalue weighted by molar-refractivity contribution is 9.11. The number of β-amino-alcohol motifs (C(OH)–C–C–N with tert-alkyl or cyclic N) is 1. The van der Waals surface area contributed by atoms with Crippen LogP contribution in [0, 0.1) is 57.2 Å². The summed E-state index contributed by atoms with van der Waals surface area (Å²) in [4.78, 5) is 94.2. The molecule has 50 heteroatoms. The summed E-state index contributed by atoms with van der Waals surface area (Å²) in [7, 11) is 7.42. The van der Waals surface area contributed by atoms with Crippen LogP contribution in [-0.4, -0.2) is 335 Å². The summed E-state index contributed by atoms with van der Waals surface area (Å²) < 4.78 is 99.4. The van der Waals surface area contributed by atoms with Crippen LogP contribution in [0.1, 0.15) is 217 Å². The van der Waals surface area contributed by atoms with Crippen molar-refractivity contribution >= 4 is 140 Å². The highest BCUT2D eigenvalue weighted by Gasteiger charge is 2.46. The van der Waals surface area contributed by atoms with Gasteiger partial charge in [-0.25, -0.2) is 42.8 Å². The lowest BCUT2D eigenvalue weighted by molar-refractivity contribution is -0.105. The third-order valence-electron chi connectivity index (χ3n) is 21.1. The average Bonchev–Trinajstić information content (AvgIpc) is 1.64. The van der Waals surface area contributed by atoms with Crippen molar-refractivity contribution < 1.29 is 108 Å². The van der Waals surface area contributed by atoms with Crippen molar-refractivity contribution in [3.63, 3.8) is 0 Å². The first-order chi connectivity index (χ1) is 66.0. The number of nitriles is 4. The molecule has 12 atom stereocenters. The van der Waals surface area contributed by atoms with Crippen LogP contribution < -0.4 is 22.1 Å². The number of likely N-dealkylation sites (tertiary alicyclic amines) is 6. The number of anilines is 4. The third-order valence-corrected chi connectivity index (χ3v) is 24.2. The summed E-state index contributed by atoms with van der Waals surface area (Å²) in [6, 6.07) is 14.8. The highest BCUT2D eigenvalue weighted by atomic mass is 79.9. The molecule has 794 valence electrons. The zero-order valence-corrected chi connectivity index (χ0v) is 93.4. The number of ether oxygens (including phenoxy) is 12. The number of nitrogens with one attached hydrogen (secondary N) is 3. The van der Waals surface area contributed by atoms with Gasteiger partial charge in [-0.15, -0.1) is 0 Å². The fourth-order valence-corrected chi connectivity index (χ4v) is 17.8. The molecule has 1 aromatic carbocycles. The lowest BCUT2D eigenvalue weighted by Gasteiger charge is -2.28. The van der Waals surface area contributed by atoms with Gasteiger partial charge in [0.05, 0.1) is 112 Å². The summed E-state index contributed by atoms with van der Waals surface area (Å²) in [6.07, 6.45) is 2.38. The van der Waals surface area contributed by atoms with Crippen LogP contribution in [0.3, 0.4) is 0 Å². The van der Waals surface area contributed by atoms with Crippen LogP contribution in [0.25, 0.3) is 0 Å². The number of aromatic nitrogens is 8. The molecule has 142 heavy (non-hydrogen) atoms. The Morgan fingerprint density at radius 2 is 0.718 bits per heavy atom. The molecule has 6 saturated heterocycles. The van der Waals surface area contributed by atoms with Crippen molar-refractivity contribution in [2.75, 3.05) is 151 Å². The van der Waals surface area contributed by atoms with Crippen LogP contribution in [0.5, 0.6) is 0 Å². The summed E-state index contributed by atoms with van der Waals surface area (Å²) in [6.45, 7) is 43.3. The van der Waals surface area contributed by atoms with E-state index in [4.69, 9.17) is 83.4 Å². The van der Waals surface area contributed by atoms with Gasteiger partial charge < -0.3 is 113 Å². The molecule has 6 aliphatic rings. The number of hydrogen-bond donors (Lipinski definition) is 7. The molecule has 7 amide bonds. The number of aliphatic hydroxyl groups is 1. The number of nitrogens with zero attached hydrogens (tertiary/aromatic N) is 17. The molecule has 0 unspecified atom stereocenters. The summed E-state index contributed by atoms with van der Waals surface area (Å²) in [5.74, 6) is 2.48. The lowest BCUT2D eigenvalue weighted by atomic mass is 10.1. The molecule has 0 aliphatic carbocycles. The fraction of sp³-hybridized carbons (Fsp3) is 0.685. The van der Waals surface area contributed by atoms with Crippen molar-refractivity contribution in [1.82, 2.24) is 68.9 Å². The number of H-pyrrole nitrogens is 1. The fourth-order valence-electron chi connectivity index (χ4n) is 15.6. The van der Waals surface area contributed by atoms with E-state index in [0.717, 1.165) is 25.9 Å². The number of nitrogen functional groups attached to an aromatic ring is 2. The number of amides is 7. The van der Waals surface area contributed by atoms with Crippen molar-refractivity contribution in [3.8, 4) is 24.3 Å². The summed E-state index contributed by atoms with van der Waals surface area (Å²) in [5.41, 5.74) is 9.49. The number of aromatic amines is 1. The van der Waals surface area contributed by atoms with E-state index in [1.54, 1.807) is 132 Å². The van der Waals surface area contributed by atoms with E-state index in [-0.39, 0.29) is 101 Å². The first-order valence-corrected chi connectivity index (χ1v) is 50.3. The maximum absolute atomic E-state index is 12.5. The van der Waals surface area contributed by atoms with E-state index < -0.39 is 62.0 Å². The van der Waals surface area contributed by atoms with E-state index in [1.807, 2.05) is 122 Å². The SMILES string of the molecule is CNc1c(C#N)c(Br)nn1[C@H]1C[C@H](COC)N(C(=O)OC(C)(C)C)C1.COC[C@H]1C[C@@H](C)CN1C(=O)OC(C)(C)C.COC[C@H]1C[C@@H](C)CN1C(=O)OC(C)(C)C.COC[C@H]1C[C@@H](O)CN1C(=O)OC(C)(C)C.COC[C@H]1C[C@H](n2nc(Br)c(C#N)c2N)CN1C(=O)OC(C)(C)C.COC[C@H]1C[C@H](n2nc(Br)c(C#N)c2NC=O)CN1C(=O)OC(C)(C)C.N#Cc1c(N)n[nH]c1Br.O=S(=O)(O)c1ccccc1. The van der Waals surface area contributed by atoms with Gasteiger partial charge in [-0.05, 0) is 251 Å². The molecule has 0 spiro atoms. The molecule has 0 saturated carbocycles. The van der Waals surface area contributed by atoms with Gasteiger partial charge in [0.1, 0.15) is 116 Å². The second kappa shape index (κ2) is 55.9. The number of hydrogen-bond acceptors (Lipinski definition) is 33. The van der Waals surface area contributed by atoms with Crippen molar-refractivity contribution in [2.45, 2.75) is 276 Å². The zero-order chi connectivity index (χ0) is 108. The third kappa shape index (κ3) is 39.5. The Labute approximate surface area is 866 Å². The standard InChI is InChI=1S/C16H22BrN5O4.C16H24BrN5O3.C15H22BrN5O3.2C12H23NO3.C11H21NO4.C6H6O3S.C4H3BrN4/c1-16(2,3)26-15(24)21-7-10(5-11(21)8-25-4)22-14(19-9-23)12(6-18)13(17)20-22;1-16(2,3)25-15(23)21-8-10(6-11(21)9-24-5)22-14(19-4)12(7-18)13(17)20-22;1-15(2,3)24-14(22)20-7-9(5-10(20)8-23-4)21-13(18)11(6-17)12(16)19-21;2*1-9-6-10(8-15-5)13(7-9)11(14)16-12(2,3)4;1-11(2,3)16-10(14)12-6-9(13)5-8(12)7-15-4;7-10(8,9)6-4-2-1-3-5-6;5-3-2(1-6)4(7)9-8-3/h9-11H,5,7-8H2,1-4H3,(H,19,23);10-11,19H,6,8-9H2,1-5H3;9-10H,5,7-8,18H2,1-4H3;2*9-10H,6-8H2,1-5H3;8-9,13H,5-7H2,1-4H3;1-5H,(H,7,8,9);(H3,7,8,9)/t2*10-,11+;9-,10+;2*9-,10-;8-,9-;;/m000111../s1. The molecule has 10 heterocycles. The van der Waals surface area contributed by atoms with Crippen LogP contribution in [0.2, 0.25) is 0 Å². The maximum atomic E-state index is 12.5. The van der Waals surface area contributed by atoms with E-state index in [9.17, 15) is 57.6 Å². The minimum atomic E-state index is -4.00. The van der Waals surface area contributed by atoms with Gasteiger partial charge in [0.25, 0.3) is 10.1 Å². The number of benzene rings is 1. The second-order valence-electron chi connectivity index (χ2n) is 40.2. The highest BCUT2D eigenvalue weighted by Crippen LogP contribution is 2.39. The molecule has 6 fully saturated rings. The van der Waals surface area contributed by atoms with Gasteiger partial charge in [0.2, 0.25) is 6.41 Å². The summed E-state index contributed by atoms with van der Waals surface area (Å²) in [5, 5.41) is 70.3. The number of rotatable bonds is 19. The molecule has 6 aliphatic heterocycles. The number of aliphatic hydroxyl groups excluding tert-OH is 1. The van der Waals surface area contributed by atoms with Crippen molar-refractivity contribution in [2.24, 2.45) is 11.8 Å². The topological polar surface area (TPSA) is 578 Å². The van der Waals surface area contributed by atoms with Crippen LogP contribution in [0.15, 0.2) is 53.6 Å². The summed E-state index contributed by atoms with van der Waals surface area (Å²) >= 11 is 12.9. The van der Waals surface area contributed by atoms with Crippen LogP contribution >= 0.6 is 63.7 Å². The smallest absolute Gasteiger partial charge is 0.410 e. The Bertz CT molecular complexity index is 5070. The molecule has 5 aromatic rings. The second-order valence-corrected chi connectivity index (χ2v) is 44.6. The monoisotopic (exact) mass is 2270 g/mol. The normalized spacial score (nSPS) is 20.9.